The van der Waals surface area contributed by atoms with Crippen molar-refractivity contribution in [2.45, 2.75) is 32.9 Å². The smallest absolute Gasteiger partial charge is 0.274 e. The number of amides is 1. The van der Waals surface area contributed by atoms with Crippen LogP contribution in [0.1, 0.15) is 42.4 Å². The summed E-state index contributed by atoms with van der Waals surface area (Å²) >= 11 is 0. The highest BCUT2D eigenvalue weighted by Crippen LogP contribution is 2.24. The molecule has 1 aliphatic rings. The molecule has 34 heavy (non-hydrogen) atoms. The normalized spacial score (nSPS) is 17.4. The number of fused-ring (bicyclic) bond motifs is 1. The highest BCUT2D eigenvalue weighted by Gasteiger charge is 2.26. The first-order valence-corrected chi connectivity index (χ1v) is 12.2. The summed E-state index contributed by atoms with van der Waals surface area (Å²) in [4.78, 5) is 30.8. The SMILES string of the molecule is CC(C)Cn1nc(C(=O)NCCCN2CCN(C)CC2c2ccccc2)c2ccccc2c1=O. The van der Waals surface area contributed by atoms with Gasteiger partial charge >= 0.3 is 0 Å². The molecule has 0 bridgehead atoms. The molecule has 1 atom stereocenters. The van der Waals surface area contributed by atoms with Crippen LogP contribution in [-0.2, 0) is 6.54 Å². The Morgan fingerprint density at radius 2 is 1.76 bits per heavy atom. The van der Waals surface area contributed by atoms with Gasteiger partial charge in [0, 0.05) is 50.7 Å². The Bertz CT molecular complexity index is 1170. The molecule has 0 saturated carbocycles. The van der Waals surface area contributed by atoms with Gasteiger partial charge in [-0.2, -0.15) is 5.10 Å². The molecule has 1 saturated heterocycles. The van der Waals surface area contributed by atoms with Crippen LogP contribution in [0.2, 0.25) is 0 Å². The molecule has 1 aliphatic heterocycles. The predicted molar refractivity (Wildman–Crippen MR) is 136 cm³/mol. The predicted octanol–water partition coefficient (Wildman–Crippen LogP) is 3.16. The van der Waals surface area contributed by atoms with Crippen LogP contribution in [0.4, 0.5) is 0 Å². The number of benzene rings is 2. The number of nitrogens with one attached hydrogen (secondary N) is 1. The number of rotatable bonds is 8. The van der Waals surface area contributed by atoms with Crippen LogP contribution < -0.4 is 10.9 Å². The lowest BCUT2D eigenvalue weighted by atomic mass is 10.0. The summed E-state index contributed by atoms with van der Waals surface area (Å²) in [6.07, 6.45) is 0.850. The molecule has 1 fully saturated rings. The third-order valence-corrected chi connectivity index (χ3v) is 6.41. The minimum atomic E-state index is -0.230. The van der Waals surface area contributed by atoms with Crippen molar-refractivity contribution in [1.82, 2.24) is 24.9 Å². The van der Waals surface area contributed by atoms with Crippen molar-refractivity contribution in [3.8, 4) is 0 Å². The first-order valence-electron chi connectivity index (χ1n) is 12.2. The molecular weight excluding hydrogens is 426 g/mol. The molecule has 0 spiro atoms. The zero-order valence-corrected chi connectivity index (χ0v) is 20.4. The van der Waals surface area contributed by atoms with E-state index in [0.29, 0.717) is 35.6 Å². The van der Waals surface area contributed by atoms with Gasteiger partial charge in [-0.1, -0.05) is 62.4 Å². The Kier molecular flexibility index (Phi) is 7.75. The van der Waals surface area contributed by atoms with Crippen LogP contribution in [0.5, 0.6) is 0 Å². The van der Waals surface area contributed by atoms with Gasteiger partial charge in [-0.3, -0.25) is 14.5 Å². The number of hydrogen-bond donors (Lipinski definition) is 1. The van der Waals surface area contributed by atoms with Crippen molar-refractivity contribution in [3.63, 3.8) is 0 Å². The van der Waals surface area contributed by atoms with Crippen LogP contribution in [0.25, 0.3) is 10.8 Å². The fourth-order valence-corrected chi connectivity index (χ4v) is 4.66. The molecule has 0 aliphatic carbocycles. The zero-order valence-electron chi connectivity index (χ0n) is 20.4. The average molecular weight is 462 g/mol. The summed E-state index contributed by atoms with van der Waals surface area (Å²) in [5.41, 5.74) is 1.50. The molecule has 7 heteroatoms. The Balaban J connectivity index is 1.42. The highest BCUT2D eigenvalue weighted by molar-refractivity contribution is 6.04. The van der Waals surface area contributed by atoms with Gasteiger partial charge in [0.25, 0.3) is 11.5 Å². The largest absolute Gasteiger partial charge is 0.351 e. The topological polar surface area (TPSA) is 70.5 Å². The van der Waals surface area contributed by atoms with E-state index >= 15 is 0 Å². The van der Waals surface area contributed by atoms with E-state index in [1.54, 1.807) is 12.1 Å². The molecule has 0 radical (unpaired) electrons. The van der Waals surface area contributed by atoms with E-state index in [0.717, 1.165) is 32.6 Å². The number of piperazine rings is 1. The molecule has 4 rings (SSSR count). The van der Waals surface area contributed by atoms with Crippen molar-refractivity contribution < 1.29 is 4.79 Å². The van der Waals surface area contributed by atoms with Crippen molar-refractivity contribution >= 4 is 16.7 Å². The lowest BCUT2D eigenvalue weighted by molar-refractivity contribution is 0.0864. The van der Waals surface area contributed by atoms with Crippen LogP contribution in [0.15, 0.2) is 59.4 Å². The summed E-state index contributed by atoms with van der Waals surface area (Å²) in [6, 6.07) is 18.2. The number of carbonyl (C=O) groups is 1. The first-order chi connectivity index (χ1) is 16.4. The standard InChI is InChI=1S/C27H35N5O2/c1-20(2)18-32-27(34)23-13-8-7-12-22(23)25(29-32)26(33)28-14-9-15-31-17-16-30(3)19-24(31)21-10-5-4-6-11-21/h4-8,10-13,20,24H,9,14-19H2,1-3H3,(H,28,33). The van der Waals surface area contributed by atoms with E-state index < -0.39 is 0 Å². The molecule has 180 valence electrons. The molecule has 2 heterocycles. The summed E-state index contributed by atoms with van der Waals surface area (Å²) in [5, 5.41) is 8.62. The summed E-state index contributed by atoms with van der Waals surface area (Å²) in [5.74, 6) is 0.0233. The van der Waals surface area contributed by atoms with Crippen LogP contribution in [0.3, 0.4) is 0 Å². The zero-order chi connectivity index (χ0) is 24.1. The molecule has 1 unspecified atom stereocenters. The molecule has 2 aromatic carbocycles. The van der Waals surface area contributed by atoms with Crippen LogP contribution in [0, 0.1) is 5.92 Å². The second kappa shape index (κ2) is 10.9. The van der Waals surface area contributed by atoms with Gasteiger partial charge in [-0.05, 0) is 31.0 Å². The van der Waals surface area contributed by atoms with Crippen molar-refractivity contribution in [2.75, 3.05) is 39.8 Å². The second-order valence-electron chi connectivity index (χ2n) is 9.61. The van der Waals surface area contributed by atoms with Gasteiger partial charge in [-0.25, -0.2) is 4.68 Å². The van der Waals surface area contributed by atoms with E-state index in [1.807, 2.05) is 26.0 Å². The number of carbonyl (C=O) groups excluding carboxylic acids is 1. The van der Waals surface area contributed by atoms with E-state index in [2.05, 4.69) is 57.6 Å². The third-order valence-electron chi connectivity index (χ3n) is 6.41. The minimum Gasteiger partial charge on any atom is -0.351 e. The summed E-state index contributed by atoms with van der Waals surface area (Å²) < 4.78 is 1.43. The van der Waals surface area contributed by atoms with Gasteiger partial charge in [0.2, 0.25) is 0 Å². The fraction of sp³-hybridized carbons (Fsp3) is 0.444. The second-order valence-corrected chi connectivity index (χ2v) is 9.61. The Morgan fingerprint density at radius 1 is 1.06 bits per heavy atom. The maximum absolute atomic E-state index is 13.1. The fourth-order valence-electron chi connectivity index (χ4n) is 4.66. The number of aromatic nitrogens is 2. The van der Waals surface area contributed by atoms with E-state index in [4.69, 9.17) is 0 Å². The number of nitrogens with zero attached hydrogens (tertiary/aromatic N) is 4. The van der Waals surface area contributed by atoms with E-state index in [-0.39, 0.29) is 17.4 Å². The van der Waals surface area contributed by atoms with E-state index in [1.165, 1.54) is 10.2 Å². The lowest BCUT2D eigenvalue weighted by Gasteiger charge is -2.40. The number of hydrogen-bond acceptors (Lipinski definition) is 5. The van der Waals surface area contributed by atoms with Crippen molar-refractivity contribution in [1.29, 1.82) is 0 Å². The maximum atomic E-state index is 13.1. The quantitative estimate of drug-likeness (QED) is 0.522. The number of likely N-dealkylation sites (N-methyl/N-ethyl adjacent to an activating group) is 1. The van der Waals surface area contributed by atoms with Gasteiger partial charge in [0.05, 0.1) is 5.39 Å². The van der Waals surface area contributed by atoms with Crippen LogP contribution in [-0.4, -0.2) is 65.3 Å². The lowest BCUT2D eigenvalue weighted by Crippen LogP contribution is -2.47. The Labute approximate surface area is 201 Å². The van der Waals surface area contributed by atoms with Crippen molar-refractivity contribution in [3.05, 3.63) is 76.2 Å². The van der Waals surface area contributed by atoms with Gasteiger partial charge in [0.1, 0.15) is 0 Å². The Morgan fingerprint density at radius 3 is 2.50 bits per heavy atom. The average Bonchev–Trinajstić information content (AvgIpc) is 2.84. The van der Waals surface area contributed by atoms with Gasteiger partial charge in [0.15, 0.2) is 5.69 Å². The molecule has 7 nitrogen and oxygen atoms in total. The van der Waals surface area contributed by atoms with Gasteiger partial charge < -0.3 is 10.2 Å². The molecule has 1 aromatic heterocycles. The van der Waals surface area contributed by atoms with Gasteiger partial charge in [-0.15, -0.1) is 0 Å². The molecular formula is C27H35N5O2. The molecule has 3 aromatic rings. The van der Waals surface area contributed by atoms with Crippen LogP contribution >= 0.6 is 0 Å². The molecule has 1 amide bonds. The molecule has 1 N–H and O–H groups in total. The summed E-state index contributed by atoms with van der Waals surface area (Å²) in [6.45, 7) is 9.08. The monoisotopic (exact) mass is 461 g/mol. The first kappa shape index (κ1) is 24.1. The highest BCUT2D eigenvalue weighted by atomic mass is 16.2. The van der Waals surface area contributed by atoms with Crippen molar-refractivity contribution in [2.24, 2.45) is 5.92 Å². The maximum Gasteiger partial charge on any atom is 0.274 e. The summed E-state index contributed by atoms with van der Waals surface area (Å²) in [7, 11) is 2.17. The Hall–Kier alpha value is -3.03. The minimum absolute atomic E-state index is 0.150. The third kappa shape index (κ3) is 5.54. The van der Waals surface area contributed by atoms with E-state index in [9.17, 15) is 9.59 Å².